The molecule has 1 aromatic carbocycles. The summed E-state index contributed by atoms with van der Waals surface area (Å²) >= 11 is 0. The van der Waals surface area contributed by atoms with Crippen LogP contribution >= 0.6 is 0 Å². The van der Waals surface area contributed by atoms with Crippen LogP contribution in [0.25, 0.3) is 0 Å². The Morgan fingerprint density at radius 1 is 1.40 bits per heavy atom. The first-order valence-electron chi connectivity index (χ1n) is 5.01. The number of carbonyl (C=O) groups is 1. The first-order valence-corrected chi connectivity index (χ1v) is 5.01. The maximum Gasteiger partial charge on any atom is 0.303 e. The van der Waals surface area contributed by atoms with Gasteiger partial charge in [0.15, 0.2) is 0 Å². The van der Waals surface area contributed by atoms with E-state index in [1.807, 2.05) is 19.9 Å². The number of rotatable bonds is 4. The van der Waals surface area contributed by atoms with E-state index in [1.165, 1.54) is 0 Å². The molecule has 0 unspecified atom stereocenters. The van der Waals surface area contributed by atoms with E-state index >= 15 is 0 Å². The van der Waals surface area contributed by atoms with Crippen molar-refractivity contribution in [3.63, 3.8) is 0 Å². The van der Waals surface area contributed by atoms with E-state index in [0.717, 1.165) is 5.56 Å². The molecule has 0 aromatic heterocycles. The van der Waals surface area contributed by atoms with Gasteiger partial charge in [0.1, 0.15) is 5.75 Å². The van der Waals surface area contributed by atoms with Gasteiger partial charge in [-0.3, -0.25) is 4.79 Å². The highest BCUT2D eigenvalue weighted by molar-refractivity contribution is 5.68. The van der Waals surface area contributed by atoms with Crippen molar-refractivity contribution in [3.8, 4) is 5.75 Å². The second-order valence-electron chi connectivity index (χ2n) is 4.04. The minimum Gasteiger partial charge on any atom is -0.508 e. The van der Waals surface area contributed by atoms with Crippen molar-refractivity contribution in [2.24, 2.45) is 5.92 Å². The van der Waals surface area contributed by atoms with Gasteiger partial charge in [-0.05, 0) is 29.5 Å². The summed E-state index contributed by atoms with van der Waals surface area (Å²) in [4.78, 5) is 10.7. The van der Waals surface area contributed by atoms with E-state index in [1.54, 1.807) is 18.2 Å². The van der Waals surface area contributed by atoms with Crippen LogP contribution in [0.1, 0.15) is 31.7 Å². The van der Waals surface area contributed by atoms with E-state index in [-0.39, 0.29) is 24.0 Å². The van der Waals surface area contributed by atoms with Gasteiger partial charge in [0.25, 0.3) is 0 Å². The number of hydrogen-bond acceptors (Lipinski definition) is 2. The molecular formula is C12H16O3. The van der Waals surface area contributed by atoms with Crippen LogP contribution in [0.5, 0.6) is 5.75 Å². The second-order valence-corrected chi connectivity index (χ2v) is 4.04. The van der Waals surface area contributed by atoms with Crippen molar-refractivity contribution in [2.45, 2.75) is 26.2 Å². The summed E-state index contributed by atoms with van der Waals surface area (Å²) in [6.45, 7) is 3.97. The molecular weight excluding hydrogens is 192 g/mol. The summed E-state index contributed by atoms with van der Waals surface area (Å²) in [6, 6.07) is 6.81. The number of phenols is 1. The Morgan fingerprint density at radius 3 is 2.53 bits per heavy atom. The molecule has 0 aliphatic heterocycles. The standard InChI is InChI=1S/C12H16O3/c1-8(2)11(7-12(14)15)9-4-3-5-10(13)6-9/h3-6,8,11,13H,7H2,1-2H3,(H,14,15)/t11-/m1/s1. The highest BCUT2D eigenvalue weighted by atomic mass is 16.4. The van der Waals surface area contributed by atoms with E-state index in [9.17, 15) is 9.90 Å². The molecule has 0 aliphatic carbocycles. The molecule has 0 radical (unpaired) electrons. The summed E-state index contributed by atoms with van der Waals surface area (Å²) in [5, 5.41) is 18.1. The zero-order valence-corrected chi connectivity index (χ0v) is 8.97. The molecule has 3 heteroatoms. The molecule has 2 N–H and O–H groups in total. The number of phenolic OH excluding ortho intramolecular Hbond substituents is 1. The highest BCUT2D eigenvalue weighted by Gasteiger charge is 2.19. The maximum absolute atomic E-state index is 10.7. The summed E-state index contributed by atoms with van der Waals surface area (Å²) in [5.41, 5.74) is 0.882. The van der Waals surface area contributed by atoms with Gasteiger partial charge in [0.05, 0.1) is 6.42 Å². The summed E-state index contributed by atoms with van der Waals surface area (Å²) in [6.07, 6.45) is 0.0983. The SMILES string of the molecule is CC(C)[C@@H](CC(=O)O)c1cccc(O)c1. The number of hydrogen-bond donors (Lipinski definition) is 2. The van der Waals surface area contributed by atoms with Crippen molar-refractivity contribution in [1.29, 1.82) is 0 Å². The predicted octanol–water partition coefficient (Wildman–Crippen LogP) is 2.61. The molecule has 0 fully saturated rings. The van der Waals surface area contributed by atoms with Gasteiger partial charge in [0.2, 0.25) is 0 Å². The van der Waals surface area contributed by atoms with Gasteiger partial charge in [-0.25, -0.2) is 0 Å². The van der Waals surface area contributed by atoms with Crippen molar-refractivity contribution < 1.29 is 15.0 Å². The lowest BCUT2D eigenvalue weighted by molar-refractivity contribution is -0.137. The summed E-state index contributed by atoms with van der Waals surface area (Å²) in [7, 11) is 0. The molecule has 0 saturated heterocycles. The number of carboxylic acid groups (broad SMARTS) is 1. The van der Waals surface area contributed by atoms with Gasteiger partial charge < -0.3 is 10.2 Å². The van der Waals surface area contributed by atoms with Crippen molar-refractivity contribution >= 4 is 5.97 Å². The average Bonchev–Trinajstić information content (AvgIpc) is 2.13. The minimum absolute atomic E-state index is 0.0467. The Hall–Kier alpha value is -1.51. The largest absolute Gasteiger partial charge is 0.508 e. The van der Waals surface area contributed by atoms with Crippen LogP contribution in [0.2, 0.25) is 0 Å². The number of benzene rings is 1. The Bertz CT molecular complexity index is 344. The zero-order chi connectivity index (χ0) is 11.4. The monoisotopic (exact) mass is 208 g/mol. The molecule has 15 heavy (non-hydrogen) atoms. The van der Waals surface area contributed by atoms with Crippen LogP contribution < -0.4 is 0 Å². The lowest BCUT2D eigenvalue weighted by Gasteiger charge is -2.19. The molecule has 1 aromatic rings. The van der Waals surface area contributed by atoms with Crippen LogP contribution in [-0.4, -0.2) is 16.2 Å². The van der Waals surface area contributed by atoms with Crippen LogP contribution in [0.15, 0.2) is 24.3 Å². The Morgan fingerprint density at radius 2 is 2.07 bits per heavy atom. The van der Waals surface area contributed by atoms with Crippen LogP contribution in [-0.2, 0) is 4.79 Å². The van der Waals surface area contributed by atoms with Gasteiger partial charge in [-0.1, -0.05) is 26.0 Å². The Balaban J connectivity index is 2.93. The summed E-state index contributed by atoms with van der Waals surface area (Å²) < 4.78 is 0. The van der Waals surface area contributed by atoms with Crippen molar-refractivity contribution in [2.75, 3.05) is 0 Å². The fraction of sp³-hybridized carbons (Fsp3) is 0.417. The molecule has 0 saturated carbocycles. The second kappa shape index (κ2) is 4.82. The Kier molecular flexibility index (Phi) is 3.72. The van der Waals surface area contributed by atoms with Gasteiger partial charge >= 0.3 is 5.97 Å². The molecule has 3 nitrogen and oxygen atoms in total. The van der Waals surface area contributed by atoms with Gasteiger partial charge in [-0.15, -0.1) is 0 Å². The molecule has 82 valence electrons. The number of aliphatic carboxylic acids is 1. The Labute approximate surface area is 89.4 Å². The topological polar surface area (TPSA) is 57.5 Å². The molecule has 1 rings (SSSR count). The number of aromatic hydroxyl groups is 1. The zero-order valence-electron chi connectivity index (χ0n) is 8.97. The quantitative estimate of drug-likeness (QED) is 0.799. The minimum atomic E-state index is -0.808. The fourth-order valence-electron chi connectivity index (χ4n) is 1.68. The summed E-state index contributed by atoms with van der Waals surface area (Å²) in [5.74, 6) is -0.432. The van der Waals surface area contributed by atoms with E-state index < -0.39 is 5.97 Å². The predicted molar refractivity (Wildman–Crippen MR) is 57.9 cm³/mol. The molecule has 0 aliphatic rings. The maximum atomic E-state index is 10.7. The third kappa shape index (κ3) is 3.27. The van der Waals surface area contributed by atoms with Crippen LogP contribution in [0.3, 0.4) is 0 Å². The lowest BCUT2D eigenvalue weighted by atomic mass is 9.86. The van der Waals surface area contributed by atoms with E-state index in [0.29, 0.717) is 0 Å². The molecule has 1 atom stereocenters. The van der Waals surface area contributed by atoms with Gasteiger partial charge in [-0.2, -0.15) is 0 Å². The van der Waals surface area contributed by atoms with Crippen LogP contribution in [0, 0.1) is 5.92 Å². The van der Waals surface area contributed by atoms with E-state index in [2.05, 4.69) is 0 Å². The first-order chi connectivity index (χ1) is 7.00. The smallest absolute Gasteiger partial charge is 0.303 e. The molecule has 0 spiro atoms. The average molecular weight is 208 g/mol. The normalized spacial score (nSPS) is 12.7. The van der Waals surface area contributed by atoms with Crippen molar-refractivity contribution in [3.05, 3.63) is 29.8 Å². The molecule has 0 heterocycles. The third-order valence-electron chi connectivity index (χ3n) is 2.50. The highest BCUT2D eigenvalue weighted by Crippen LogP contribution is 2.29. The van der Waals surface area contributed by atoms with Crippen molar-refractivity contribution in [1.82, 2.24) is 0 Å². The molecule has 0 amide bonds. The first kappa shape index (κ1) is 11.6. The lowest BCUT2D eigenvalue weighted by Crippen LogP contribution is -2.12. The third-order valence-corrected chi connectivity index (χ3v) is 2.50. The van der Waals surface area contributed by atoms with Crippen LogP contribution in [0.4, 0.5) is 0 Å². The number of carboxylic acids is 1. The fourth-order valence-corrected chi connectivity index (χ4v) is 1.68. The van der Waals surface area contributed by atoms with Gasteiger partial charge in [0, 0.05) is 0 Å². The van der Waals surface area contributed by atoms with E-state index in [4.69, 9.17) is 5.11 Å². The molecule has 0 bridgehead atoms.